The van der Waals surface area contributed by atoms with E-state index in [-0.39, 0.29) is 5.41 Å². The van der Waals surface area contributed by atoms with Crippen LogP contribution < -0.4 is 0 Å². The molecule has 6 nitrogen and oxygen atoms in total. The zero-order chi connectivity index (χ0) is 15.6. The van der Waals surface area contributed by atoms with Gasteiger partial charge in [-0.1, -0.05) is 41.5 Å². The molecule has 1 heterocycles. The molecule has 0 aliphatic rings. The van der Waals surface area contributed by atoms with E-state index in [2.05, 4.69) is 43.2 Å². The number of aromatic nitrogens is 4. The van der Waals surface area contributed by atoms with Crippen molar-refractivity contribution in [2.24, 2.45) is 11.3 Å². The zero-order valence-electron chi connectivity index (χ0n) is 13.3. The van der Waals surface area contributed by atoms with Crippen molar-refractivity contribution >= 4 is 5.97 Å². The fourth-order valence-electron chi connectivity index (χ4n) is 2.19. The number of rotatable bonds is 6. The Bertz CT molecular complexity index is 458. The monoisotopic (exact) mass is 282 g/mol. The standard InChI is InChI=1S/C14H26N4O2/c1-7-14(8-2,12(19)20)18-11(15-16-17-18)9-10(3)13(4,5)6/h10H,7-9H2,1-6H3,(H,19,20). The van der Waals surface area contributed by atoms with Crippen molar-refractivity contribution in [2.45, 2.75) is 66.3 Å². The smallest absolute Gasteiger partial charge is 0.331 e. The molecule has 1 N–H and O–H groups in total. The van der Waals surface area contributed by atoms with E-state index in [1.165, 1.54) is 4.68 Å². The molecular weight excluding hydrogens is 256 g/mol. The number of carboxylic acids is 1. The molecule has 1 rings (SSSR count). The number of tetrazole rings is 1. The minimum Gasteiger partial charge on any atom is -0.479 e. The quantitative estimate of drug-likeness (QED) is 0.867. The molecule has 0 aliphatic carbocycles. The van der Waals surface area contributed by atoms with Crippen molar-refractivity contribution in [1.82, 2.24) is 20.2 Å². The summed E-state index contributed by atoms with van der Waals surface area (Å²) in [6.07, 6.45) is 1.59. The molecule has 0 bridgehead atoms. The lowest BCUT2D eigenvalue weighted by Crippen LogP contribution is -2.43. The van der Waals surface area contributed by atoms with Gasteiger partial charge < -0.3 is 5.11 Å². The number of aliphatic carboxylic acids is 1. The van der Waals surface area contributed by atoms with Gasteiger partial charge in [0.15, 0.2) is 11.4 Å². The first kappa shape index (κ1) is 16.6. The Hall–Kier alpha value is -1.46. The van der Waals surface area contributed by atoms with Gasteiger partial charge in [-0.2, -0.15) is 0 Å². The van der Waals surface area contributed by atoms with Crippen LogP contribution in [0.3, 0.4) is 0 Å². The first-order valence-electron chi connectivity index (χ1n) is 7.20. The Kier molecular flexibility index (Phi) is 4.89. The molecule has 0 amide bonds. The summed E-state index contributed by atoms with van der Waals surface area (Å²) in [4.78, 5) is 11.7. The summed E-state index contributed by atoms with van der Waals surface area (Å²) in [5.74, 6) is 0.130. The predicted octanol–water partition coefficient (Wildman–Crippen LogP) is 2.50. The maximum absolute atomic E-state index is 11.7. The van der Waals surface area contributed by atoms with E-state index in [1.54, 1.807) is 0 Å². The summed E-state index contributed by atoms with van der Waals surface area (Å²) in [5, 5.41) is 21.3. The van der Waals surface area contributed by atoms with Crippen LogP contribution in [0, 0.1) is 11.3 Å². The number of hydrogen-bond acceptors (Lipinski definition) is 4. The Balaban J connectivity index is 3.16. The molecule has 0 radical (unpaired) electrons. The maximum Gasteiger partial charge on any atom is 0.331 e. The first-order valence-corrected chi connectivity index (χ1v) is 7.20. The van der Waals surface area contributed by atoms with E-state index < -0.39 is 11.5 Å². The average Bonchev–Trinajstić information content (AvgIpc) is 2.79. The van der Waals surface area contributed by atoms with Gasteiger partial charge >= 0.3 is 5.97 Å². The van der Waals surface area contributed by atoms with Gasteiger partial charge in [-0.05, 0) is 34.6 Å². The maximum atomic E-state index is 11.7. The van der Waals surface area contributed by atoms with Gasteiger partial charge in [0, 0.05) is 6.42 Å². The molecule has 1 aromatic rings. The third-order valence-electron chi connectivity index (χ3n) is 4.47. The van der Waals surface area contributed by atoms with E-state index in [4.69, 9.17) is 0 Å². The van der Waals surface area contributed by atoms with Crippen LogP contribution in [0.2, 0.25) is 0 Å². The van der Waals surface area contributed by atoms with Gasteiger partial charge in [0.05, 0.1) is 0 Å². The van der Waals surface area contributed by atoms with Crippen molar-refractivity contribution in [1.29, 1.82) is 0 Å². The van der Waals surface area contributed by atoms with Gasteiger partial charge in [0.2, 0.25) is 0 Å². The number of nitrogens with zero attached hydrogens (tertiary/aromatic N) is 4. The highest BCUT2D eigenvalue weighted by Gasteiger charge is 2.40. The second-order valence-electron chi connectivity index (χ2n) is 6.52. The number of carbonyl (C=O) groups is 1. The van der Waals surface area contributed by atoms with E-state index in [1.807, 2.05) is 13.8 Å². The minimum atomic E-state index is -1.05. The van der Waals surface area contributed by atoms with Crippen molar-refractivity contribution in [3.8, 4) is 0 Å². The lowest BCUT2D eigenvalue weighted by Gasteiger charge is -2.30. The largest absolute Gasteiger partial charge is 0.479 e. The van der Waals surface area contributed by atoms with Crippen LogP contribution in [-0.2, 0) is 16.8 Å². The highest BCUT2D eigenvalue weighted by molar-refractivity contribution is 5.76. The molecule has 20 heavy (non-hydrogen) atoms. The lowest BCUT2D eigenvalue weighted by molar-refractivity contribution is -0.149. The third-order valence-corrected chi connectivity index (χ3v) is 4.47. The topological polar surface area (TPSA) is 80.9 Å². The summed E-state index contributed by atoms with van der Waals surface area (Å²) in [7, 11) is 0. The van der Waals surface area contributed by atoms with Crippen LogP contribution in [0.1, 0.15) is 60.2 Å². The normalized spacial score (nSPS) is 14.3. The highest BCUT2D eigenvalue weighted by atomic mass is 16.4. The summed E-state index contributed by atoms with van der Waals surface area (Å²) >= 11 is 0. The summed E-state index contributed by atoms with van der Waals surface area (Å²) < 4.78 is 1.51. The average molecular weight is 282 g/mol. The van der Waals surface area contributed by atoms with Gasteiger partial charge in [0.25, 0.3) is 0 Å². The fraction of sp³-hybridized carbons (Fsp3) is 0.857. The molecule has 6 heteroatoms. The zero-order valence-corrected chi connectivity index (χ0v) is 13.3. The minimum absolute atomic E-state index is 0.126. The molecular formula is C14H26N4O2. The molecule has 1 atom stereocenters. The molecule has 1 unspecified atom stereocenters. The van der Waals surface area contributed by atoms with Crippen LogP contribution in [0.4, 0.5) is 0 Å². The Morgan fingerprint density at radius 2 is 1.85 bits per heavy atom. The van der Waals surface area contributed by atoms with Crippen molar-refractivity contribution in [2.75, 3.05) is 0 Å². The molecule has 0 saturated heterocycles. The van der Waals surface area contributed by atoms with Crippen molar-refractivity contribution in [3.63, 3.8) is 0 Å². The first-order chi connectivity index (χ1) is 9.19. The second kappa shape index (κ2) is 5.89. The van der Waals surface area contributed by atoms with E-state index in [0.717, 1.165) is 0 Å². The van der Waals surface area contributed by atoms with Crippen LogP contribution >= 0.6 is 0 Å². The highest BCUT2D eigenvalue weighted by Crippen LogP contribution is 2.30. The molecule has 1 aromatic heterocycles. The Morgan fingerprint density at radius 1 is 1.30 bits per heavy atom. The lowest BCUT2D eigenvalue weighted by atomic mass is 9.80. The predicted molar refractivity (Wildman–Crippen MR) is 76.3 cm³/mol. The fourth-order valence-corrected chi connectivity index (χ4v) is 2.19. The van der Waals surface area contributed by atoms with Crippen LogP contribution in [0.15, 0.2) is 0 Å². The number of carboxylic acid groups (broad SMARTS) is 1. The van der Waals surface area contributed by atoms with Crippen molar-refractivity contribution < 1.29 is 9.90 Å². The molecule has 0 fully saturated rings. The van der Waals surface area contributed by atoms with Crippen LogP contribution in [-0.4, -0.2) is 31.3 Å². The molecule has 114 valence electrons. The SMILES string of the molecule is CCC(CC)(C(=O)O)n1nnnc1CC(C)C(C)(C)C. The number of hydrogen-bond donors (Lipinski definition) is 1. The van der Waals surface area contributed by atoms with Gasteiger partial charge in [-0.25, -0.2) is 9.48 Å². The van der Waals surface area contributed by atoms with E-state index >= 15 is 0 Å². The molecule has 0 aromatic carbocycles. The van der Waals surface area contributed by atoms with Gasteiger partial charge in [0.1, 0.15) is 0 Å². The van der Waals surface area contributed by atoms with E-state index in [0.29, 0.717) is 31.0 Å². The van der Waals surface area contributed by atoms with Gasteiger partial charge in [-0.15, -0.1) is 5.10 Å². The van der Waals surface area contributed by atoms with Gasteiger partial charge in [-0.3, -0.25) is 0 Å². The molecule has 0 aliphatic heterocycles. The molecule has 0 spiro atoms. The third kappa shape index (κ3) is 2.99. The Labute approximate surface area is 120 Å². The summed E-state index contributed by atoms with van der Waals surface area (Å²) in [6.45, 7) is 12.3. The molecule has 0 saturated carbocycles. The van der Waals surface area contributed by atoms with Crippen LogP contribution in [0.5, 0.6) is 0 Å². The summed E-state index contributed by atoms with van der Waals surface area (Å²) in [6, 6.07) is 0. The van der Waals surface area contributed by atoms with Crippen molar-refractivity contribution in [3.05, 3.63) is 5.82 Å². The summed E-state index contributed by atoms with van der Waals surface area (Å²) in [5.41, 5.74) is -0.919. The van der Waals surface area contributed by atoms with E-state index in [9.17, 15) is 9.90 Å². The van der Waals surface area contributed by atoms with Crippen LogP contribution in [0.25, 0.3) is 0 Å². The second-order valence-corrected chi connectivity index (χ2v) is 6.52. The Morgan fingerprint density at radius 3 is 2.25 bits per heavy atom.